The molecule has 2 aromatic carbocycles. The van der Waals surface area contributed by atoms with Crippen LogP contribution in [0.5, 0.6) is 0 Å². The number of amides is 2. The minimum atomic E-state index is -0.350. The summed E-state index contributed by atoms with van der Waals surface area (Å²) in [5, 5.41) is 5.40. The molecule has 0 bridgehead atoms. The summed E-state index contributed by atoms with van der Waals surface area (Å²) >= 11 is 1.28. The van der Waals surface area contributed by atoms with E-state index in [9.17, 15) is 14.0 Å². The predicted octanol–water partition coefficient (Wildman–Crippen LogP) is 3.73. The monoisotopic (exact) mass is 386 g/mol. The highest BCUT2D eigenvalue weighted by atomic mass is 32.2. The third-order valence-corrected chi connectivity index (χ3v) is 5.95. The lowest BCUT2D eigenvalue weighted by atomic mass is 9.96. The van der Waals surface area contributed by atoms with E-state index in [0.717, 1.165) is 12.8 Å². The summed E-state index contributed by atoms with van der Waals surface area (Å²) in [4.78, 5) is 24.3. The van der Waals surface area contributed by atoms with Gasteiger partial charge in [-0.05, 0) is 49.6 Å². The maximum Gasteiger partial charge on any atom is 0.234 e. The van der Waals surface area contributed by atoms with Gasteiger partial charge in [0.2, 0.25) is 11.8 Å². The molecule has 1 aliphatic carbocycles. The molecule has 1 atom stereocenters. The molecule has 1 aliphatic rings. The lowest BCUT2D eigenvalue weighted by Gasteiger charge is -2.18. The van der Waals surface area contributed by atoms with Crippen molar-refractivity contribution in [2.45, 2.75) is 30.4 Å². The van der Waals surface area contributed by atoms with Crippen LogP contribution < -0.4 is 10.6 Å². The molecule has 0 spiro atoms. The lowest BCUT2D eigenvalue weighted by Crippen LogP contribution is -2.37. The van der Waals surface area contributed by atoms with E-state index < -0.39 is 0 Å². The van der Waals surface area contributed by atoms with Crippen molar-refractivity contribution in [1.29, 1.82) is 0 Å². The Morgan fingerprint density at radius 1 is 1.11 bits per heavy atom. The van der Waals surface area contributed by atoms with E-state index >= 15 is 0 Å². The quantitative estimate of drug-likeness (QED) is 0.727. The van der Waals surface area contributed by atoms with Crippen molar-refractivity contribution in [2.75, 3.05) is 17.6 Å². The van der Waals surface area contributed by atoms with Crippen LogP contribution in [0.1, 0.15) is 25.3 Å². The van der Waals surface area contributed by atoms with Gasteiger partial charge in [-0.3, -0.25) is 9.59 Å². The molecule has 27 heavy (non-hydrogen) atoms. The van der Waals surface area contributed by atoms with Gasteiger partial charge in [-0.25, -0.2) is 4.39 Å². The van der Waals surface area contributed by atoms with Crippen LogP contribution in [-0.4, -0.2) is 29.4 Å². The highest BCUT2D eigenvalue weighted by molar-refractivity contribution is 8.01. The van der Waals surface area contributed by atoms with Crippen molar-refractivity contribution in [1.82, 2.24) is 5.32 Å². The topological polar surface area (TPSA) is 58.2 Å². The summed E-state index contributed by atoms with van der Waals surface area (Å²) in [7, 11) is 0. The first-order chi connectivity index (χ1) is 13.0. The standard InChI is InChI=1S/C21H23FN2O2S/c1-15(27-13-19(25)24-18-9-7-17(22)8-10-18)20(26)23-14-21(11-12-21)16-5-3-2-4-6-16/h2-10,15H,11-14H2,1H3,(H,23,26)(H,24,25)/t15-/m1/s1. The zero-order chi connectivity index (χ0) is 19.3. The zero-order valence-corrected chi connectivity index (χ0v) is 16.0. The second-order valence-electron chi connectivity index (χ2n) is 6.87. The fourth-order valence-corrected chi connectivity index (χ4v) is 3.63. The van der Waals surface area contributed by atoms with Gasteiger partial charge >= 0.3 is 0 Å². The van der Waals surface area contributed by atoms with Crippen molar-refractivity contribution in [3.05, 3.63) is 66.0 Å². The van der Waals surface area contributed by atoms with Gasteiger partial charge < -0.3 is 10.6 Å². The normalized spacial score (nSPS) is 15.6. The summed E-state index contributed by atoms with van der Waals surface area (Å²) in [6.07, 6.45) is 2.16. The summed E-state index contributed by atoms with van der Waals surface area (Å²) in [5.41, 5.74) is 1.88. The summed E-state index contributed by atoms with van der Waals surface area (Å²) < 4.78 is 12.9. The van der Waals surface area contributed by atoms with Crippen LogP contribution in [0.3, 0.4) is 0 Å². The zero-order valence-electron chi connectivity index (χ0n) is 15.2. The van der Waals surface area contributed by atoms with Gasteiger partial charge in [0.15, 0.2) is 0 Å². The number of hydrogen-bond acceptors (Lipinski definition) is 3. The van der Waals surface area contributed by atoms with Crippen molar-refractivity contribution in [3.8, 4) is 0 Å². The number of carbonyl (C=O) groups is 2. The Balaban J connectivity index is 1.41. The second-order valence-corrected chi connectivity index (χ2v) is 8.20. The van der Waals surface area contributed by atoms with Gasteiger partial charge in [-0.15, -0.1) is 11.8 Å². The van der Waals surface area contributed by atoms with E-state index in [1.54, 1.807) is 6.92 Å². The molecule has 0 aromatic heterocycles. The molecule has 2 N–H and O–H groups in total. The van der Waals surface area contributed by atoms with Gasteiger partial charge in [0.1, 0.15) is 5.82 Å². The van der Waals surface area contributed by atoms with Crippen molar-refractivity contribution < 1.29 is 14.0 Å². The van der Waals surface area contributed by atoms with Crippen molar-refractivity contribution in [3.63, 3.8) is 0 Å². The average molecular weight is 386 g/mol. The number of benzene rings is 2. The van der Waals surface area contributed by atoms with Crippen LogP contribution >= 0.6 is 11.8 Å². The van der Waals surface area contributed by atoms with E-state index in [1.807, 2.05) is 18.2 Å². The molecule has 2 aromatic rings. The van der Waals surface area contributed by atoms with Crippen molar-refractivity contribution in [2.24, 2.45) is 0 Å². The molecule has 3 rings (SSSR count). The first-order valence-electron chi connectivity index (χ1n) is 8.99. The van der Waals surface area contributed by atoms with E-state index in [1.165, 1.54) is 41.6 Å². The first-order valence-corrected chi connectivity index (χ1v) is 10.0. The van der Waals surface area contributed by atoms with E-state index in [-0.39, 0.29) is 34.0 Å². The molecule has 0 aliphatic heterocycles. The third kappa shape index (κ3) is 5.32. The van der Waals surface area contributed by atoms with Gasteiger partial charge in [0, 0.05) is 17.6 Å². The number of thioether (sulfide) groups is 1. The van der Waals surface area contributed by atoms with Crippen LogP contribution in [-0.2, 0) is 15.0 Å². The highest BCUT2D eigenvalue weighted by Gasteiger charge is 2.44. The van der Waals surface area contributed by atoms with Crippen LogP contribution in [0, 0.1) is 5.82 Å². The molecule has 142 valence electrons. The van der Waals surface area contributed by atoms with Crippen molar-refractivity contribution >= 4 is 29.3 Å². The first kappa shape index (κ1) is 19.4. The van der Waals surface area contributed by atoms with E-state index in [4.69, 9.17) is 0 Å². The summed E-state index contributed by atoms with van der Waals surface area (Å²) in [5.74, 6) is -0.460. The lowest BCUT2D eigenvalue weighted by molar-refractivity contribution is -0.120. The number of carbonyl (C=O) groups excluding carboxylic acids is 2. The van der Waals surface area contributed by atoms with E-state index in [0.29, 0.717) is 12.2 Å². The average Bonchev–Trinajstić information content (AvgIpc) is 3.48. The number of hydrogen-bond donors (Lipinski definition) is 2. The number of nitrogens with one attached hydrogen (secondary N) is 2. The Kier molecular flexibility index (Phi) is 6.16. The maximum absolute atomic E-state index is 12.9. The SMILES string of the molecule is C[C@@H](SCC(=O)Nc1ccc(F)cc1)C(=O)NCC1(c2ccccc2)CC1. The fourth-order valence-electron chi connectivity index (χ4n) is 2.92. The molecule has 1 saturated carbocycles. The van der Waals surface area contributed by atoms with Crippen LogP contribution in [0.15, 0.2) is 54.6 Å². The fraction of sp³-hybridized carbons (Fsp3) is 0.333. The van der Waals surface area contributed by atoms with Crippen LogP contribution in [0.4, 0.5) is 10.1 Å². The minimum absolute atomic E-state index is 0.0585. The third-order valence-electron chi connectivity index (χ3n) is 4.80. The Bertz CT molecular complexity index is 792. The van der Waals surface area contributed by atoms with Crippen LogP contribution in [0.25, 0.3) is 0 Å². The van der Waals surface area contributed by atoms with Gasteiger partial charge in [-0.2, -0.15) is 0 Å². The molecule has 0 heterocycles. The minimum Gasteiger partial charge on any atom is -0.354 e. The molecular weight excluding hydrogens is 363 g/mol. The number of halogens is 1. The predicted molar refractivity (Wildman–Crippen MR) is 107 cm³/mol. The molecule has 6 heteroatoms. The molecule has 0 saturated heterocycles. The summed E-state index contributed by atoms with van der Waals surface area (Å²) in [6, 6.07) is 15.9. The van der Waals surface area contributed by atoms with Gasteiger partial charge in [0.05, 0.1) is 11.0 Å². The second kappa shape index (κ2) is 8.57. The van der Waals surface area contributed by atoms with Gasteiger partial charge in [-0.1, -0.05) is 30.3 Å². The molecule has 0 radical (unpaired) electrons. The Hall–Kier alpha value is -2.34. The number of rotatable bonds is 8. The smallest absolute Gasteiger partial charge is 0.234 e. The van der Waals surface area contributed by atoms with Crippen LogP contribution in [0.2, 0.25) is 0 Å². The van der Waals surface area contributed by atoms with E-state index in [2.05, 4.69) is 22.8 Å². The molecular formula is C21H23FN2O2S. The Morgan fingerprint density at radius 2 is 1.78 bits per heavy atom. The number of anilines is 1. The molecule has 1 fully saturated rings. The molecule has 0 unspecified atom stereocenters. The molecule has 2 amide bonds. The highest BCUT2D eigenvalue weighted by Crippen LogP contribution is 2.47. The van der Waals surface area contributed by atoms with Gasteiger partial charge in [0.25, 0.3) is 0 Å². The molecule has 4 nitrogen and oxygen atoms in total. The Labute approximate surface area is 162 Å². The maximum atomic E-state index is 12.9. The largest absolute Gasteiger partial charge is 0.354 e. The summed E-state index contributed by atoms with van der Waals surface area (Å²) in [6.45, 7) is 2.43. The Morgan fingerprint density at radius 3 is 2.41 bits per heavy atom.